The Morgan fingerprint density at radius 1 is 0.973 bits per heavy atom. The van der Waals surface area contributed by atoms with Gasteiger partial charge in [-0.3, -0.25) is 14.4 Å². The topological polar surface area (TPSA) is 70.8 Å². The fourth-order valence-electron chi connectivity index (χ4n) is 4.08. The fraction of sp³-hybridized carbons (Fsp3) is 0.167. The van der Waals surface area contributed by atoms with E-state index in [0.717, 1.165) is 11.1 Å². The van der Waals surface area contributed by atoms with Gasteiger partial charge < -0.3 is 14.2 Å². The van der Waals surface area contributed by atoms with Gasteiger partial charge in [-0.05, 0) is 36.8 Å². The second-order valence-corrected chi connectivity index (χ2v) is 9.19. The minimum Gasteiger partial charge on any atom is -0.464 e. The maximum atomic E-state index is 13.6. The average molecular weight is 515 g/mol. The van der Waals surface area contributed by atoms with Crippen LogP contribution in [0.25, 0.3) is 11.0 Å². The molecule has 0 saturated heterocycles. The maximum Gasteiger partial charge on any atom is 0.256 e. The number of benzene rings is 3. The van der Waals surface area contributed by atoms with Crippen LogP contribution in [0.5, 0.6) is 0 Å². The fourth-order valence-corrected chi connectivity index (χ4v) is 4.30. The Morgan fingerprint density at radius 2 is 1.70 bits per heavy atom. The van der Waals surface area contributed by atoms with Crippen molar-refractivity contribution in [3.63, 3.8) is 0 Å². The Labute approximate surface area is 220 Å². The number of carbonyl (C=O) groups excluding carboxylic acids is 2. The van der Waals surface area contributed by atoms with E-state index in [2.05, 4.69) is 6.58 Å². The third kappa shape index (κ3) is 6.16. The quantitative estimate of drug-likeness (QED) is 0.272. The van der Waals surface area contributed by atoms with Crippen molar-refractivity contribution in [2.75, 3.05) is 13.1 Å². The summed E-state index contributed by atoms with van der Waals surface area (Å²) in [7, 11) is 0. The Bertz CT molecular complexity index is 1500. The number of hydrogen-bond donors (Lipinski definition) is 0. The summed E-state index contributed by atoms with van der Waals surface area (Å²) in [4.78, 5) is 43.0. The first-order valence-electron chi connectivity index (χ1n) is 11.8. The Balaban J connectivity index is 1.64. The van der Waals surface area contributed by atoms with E-state index in [0.29, 0.717) is 27.1 Å². The number of carbonyl (C=O) groups is 2. The van der Waals surface area contributed by atoms with Gasteiger partial charge in [0.25, 0.3) is 5.91 Å². The molecule has 4 aromatic rings. The molecule has 0 spiro atoms. The minimum absolute atomic E-state index is 0.0299. The molecule has 1 aromatic heterocycles. The van der Waals surface area contributed by atoms with Crippen molar-refractivity contribution in [1.82, 2.24) is 9.80 Å². The first kappa shape index (κ1) is 25.9. The van der Waals surface area contributed by atoms with E-state index in [1.165, 1.54) is 11.2 Å². The van der Waals surface area contributed by atoms with Crippen molar-refractivity contribution in [2.45, 2.75) is 20.0 Å². The molecule has 3 aromatic carbocycles. The molecule has 0 unspecified atom stereocenters. The number of rotatable bonds is 9. The molecule has 188 valence electrons. The van der Waals surface area contributed by atoms with Crippen LogP contribution >= 0.6 is 11.6 Å². The molecule has 0 bridgehead atoms. The summed E-state index contributed by atoms with van der Waals surface area (Å²) < 4.78 is 5.71. The molecular weight excluding hydrogens is 488 g/mol. The van der Waals surface area contributed by atoms with Gasteiger partial charge in [0.15, 0.2) is 5.43 Å². The molecule has 0 fully saturated rings. The number of fused-ring (bicyclic) bond motifs is 1. The van der Waals surface area contributed by atoms with Crippen LogP contribution in [0.1, 0.15) is 27.0 Å². The molecule has 0 atom stereocenters. The molecule has 0 aliphatic heterocycles. The smallest absolute Gasteiger partial charge is 0.256 e. The zero-order valence-corrected chi connectivity index (χ0v) is 21.3. The molecule has 0 radical (unpaired) electrons. The minimum atomic E-state index is -0.376. The van der Waals surface area contributed by atoms with E-state index in [1.807, 2.05) is 43.3 Å². The summed E-state index contributed by atoms with van der Waals surface area (Å²) in [5.74, 6) is -0.700. The van der Waals surface area contributed by atoms with Gasteiger partial charge in [-0.25, -0.2) is 0 Å². The average Bonchev–Trinajstić information content (AvgIpc) is 2.90. The molecule has 7 heteroatoms. The van der Waals surface area contributed by atoms with Crippen LogP contribution in [0.15, 0.2) is 101 Å². The van der Waals surface area contributed by atoms with E-state index in [1.54, 1.807) is 47.4 Å². The van der Waals surface area contributed by atoms with Crippen molar-refractivity contribution in [3.05, 3.63) is 129 Å². The van der Waals surface area contributed by atoms with Crippen LogP contribution in [-0.4, -0.2) is 34.7 Å². The number of aryl methyl sites for hydroxylation is 1. The van der Waals surface area contributed by atoms with Gasteiger partial charge in [0.2, 0.25) is 5.91 Å². The maximum absolute atomic E-state index is 13.6. The van der Waals surface area contributed by atoms with Gasteiger partial charge in [-0.1, -0.05) is 71.8 Å². The lowest BCUT2D eigenvalue weighted by Gasteiger charge is -2.27. The summed E-state index contributed by atoms with van der Waals surface area (Å²) >= 11 is 6.24. The third-order valence-electron chi connectivity index (χ3n) is 6.00. The molecule has 0 N–H and O–H groups in total. The standard InChI is InChI=1S/C30H27ClN2O4/c1-3-15-32(30(36)24-11-7-8-12-26(24)31)19-28(34)33(17-22-9-5-4-6-10-22)18-23-20-37-27-14-13-21(2)16-25(27)29(23)35/h3-14,16,20H,1,15,17-19H2,2H3. The Hall–Kier alpha value is -4.16. The van der Waals surface area contributed by atoms with E-state index >= 15 is 0 Å². The normalized spacial score (nSPS) is 10.8. The number of amides is 2. The summed E-state index contributed by atoms with van der Waals surface area (Å²) in [5.41, 5.74) is 2.79. The Kier molecular flexibility index (Phi) is 8.21. The lowest BCUT2D eigenvalue weighted by atomic mass is 10.1. The van der Waals surface area contributed by atoms with Crippen molar-refractivity contribution >= 4 is 34.4 Å². The molecule has 1 heterocycles. The summed E-state index contributed by atoms with van der Waals surface area (Å²) in [6, 6.07) is 21.6. The lowest BCUT2D eigenvalue weighted by molar-refractivity contribution is -0.133. The SMILES string of the molecule is C=CCN(CC(=O)N(Cc1ccccc1)Cc1coc2ccc(C)cc2c1=O)C(=O)c1ccccc1Cl. The summed E-state index contributed by atoms with van der Waals surface area (Å²) in [5, 5.41) is 0.769. The highest BCUT2D eigenvalue weighted by Crippen LogP contribution is 2.19. The highest BCUT2D eigenvalue weighted by Gasteiger charge is 2.24. The van der Waals surface area contributed by atoms with Crippen LogP contribution in [-0.2, 0) is 17.9 Å². The second kappa shape index (κ2) is 11.7. The van der Waals surface area contributed by atoms with Crippen LogP contribution in [0.2, 0.25) is 5.02 Å². The van der Waals surface area contributed by atoms with Crippen molar-refractivity contribution in [1.29, 1.82) is 0 Å². The molecule has 0 aliphatic carbocycles. The molecule has 0 aliphatic rings. The predicted molar refractivity (Wildman–Crippen MR) is 145 cm³/mol. The highest BCUT2D eigenvalue weighted by molar-refractivity contribution is 6.33. The van der Waals surface area contributed by atoms with E-state index in [4.69, 9.17) is 16.0 Å². The van der Waals surface area contributed by atoms with Gasteiger partial charge in [0.1, 0.15) is 12.1 Å². The molecule has 6 nitrogen and oxygen atoms in total. The number of halogens is 1. The van der Waals surface area contributed by atoms with Gasteiger partial charge in [0.05, 0.1) is 34.3 Å². The number of nitrogens with zero attached hydrogens (tertiary/aromatic N) is 2. The first-order chi connectivity index (χ1) is 17.9. The van der Waals surface area contributed by atoms with E-state index in [9.17, 15) is 14.4 Å². The van der Waals surface area contributed by atoms with Crippen molar-refractivity contribution in [3.8, 4) is 0 Å². The summed E-state index contributed by atoms with van der Waals surface area (Å²) in [6.45, 7) is 5.87. The first-order valence-corrected chi connectivity index (χ1v) is 12.2. The highest BCUT2D eigenvalue weighted by atomic mass is 35.5. The zero-order chi connectivity index (χ0) is 26.4. The Morgan fingerprint density at radius 3 is 2.43 bits per heavy atom. The lowest BCUT2D eigenvalue weighted by Crippen LogP contribution is -2.43. The third-order valence-corrected chi connectivity index (χ3v) is 6.33. The van der Waals surface area contributed by atoms with E-state index in [-0.39, 0.29) is 43.4 Å². The summed E-state index contributed by atoms with van der Waals surface area (Å²) in [6.07, 6.45) is 2.96. The van der Waals surface area contributed by atoms with Crippen LogP contribution < -0.4 is 5.43 Å². The number of hydrogen-bond acceptors (Lipinski definition) is 4. The monoisotopic (exact) mass is 514 g/mol. The molecule has 4 rings (SSSR count). The predicted octanol–water partition coefficient (Wildman–Crippen LogP) is 5.61. The van der Waals surface area contributed by atoms with Gasteiger partial charge in [-0.2, -0.15) is 0 Å². The zero-order valence-electron chi connectivity index (χ0n) is 20.5. The van der Waals surface area contributed by atoms with Gasteiger partial charge >= 0.3 is 0 Å². The largest absolute Gasteiger partial charge is 0.464 e. The van der Waals surface area contributed by atoms with E-state index < -0.39 is 0 Å². The molecule has 0 saturated carbocycles. The van der Waals surface area contributed by atoms with Crippen molar-refractivity contribution in [2.24, 2.45) is 0 Å². The van der Waals surface area contributed by atoms with Crippen LogP contribution in [0, 0.1) is 6.92 Å². The molecule has 2 amide bonds. The van der Waals surface area contributed by atoms with Crippen molar-refractivity contribution < 1.29 is 14.0 Å². The molecular formula is C30H27ClN2O4. The van der Waals surface area contributed by atoms with Gasteiger partial charge in [0, 0.05) is 13.1 Å². The second-order valence-electron chi connectivity index (χ2n) is 8.78. The van der Waals surface area contributed by atoms with Crippen LogP contribution in [0.4, 0.5) is 0 Å². The van der Waals surface area contributed by atoms with Crippen LogP contribution in [0.3, 0.4) is 0 Å². The van der Waals surface area contributed by atoms with Gasteiger partial charge in [-0.15, -0.1) is 6.58 Å². The molecule has 37 heavy (non-hydrogen) atoms.